The topological polar surface area (TPSA) is 74.7 Å². The second kappa shape index (κ2) is 5.23. The van der Waals surface area contributed by atoms with Crippen molar-refractivity contribution in [3.05, 3.63) is 47.4 Å². The molecule has 2 rings (SSSR count). The third kappa shape index (κ3) is 3.13. The fraction of sp³-hybridized carbons (Fsp3) is 0.250. The Balaban J connectivity index is 1.88. The lowest BCUT2D eigenvalue weighted by Gasteiger charge is -2.02. The van der Waals surface area contributed by atoms with Gasteiger partial charge in [-0.1, -0.05) is 0 Å². The first kappa shape index (κ1) is 11.3. The van der Waals surface area contributed by atoms with Gasteiger partial charge in [0.05, 0.1) is 12.7 Å². The molecule has 2 aromatic heterocycles. The van der Waals surface area contributed by atoms with E-state index in [9.17, 15) is 0 Å². The molecule has 2 aromatic rings. The van der Waals surface area contributed by atoms with Crippen molar-refractivity contribution in [2.45, 2.75) is 20.0 Å². The van der Waals surface area contributed by atoms with Gasteiger partial charge in [-0.05, 0) is 24.6 Å². The van der Waals surface area contributed by atoms with Gasteiger partial charge in [-0.25, -0.2) is 9.97 Å². The molecule has 0 spiro atoms. The average Bonchev–Trinajstić information content (AvgIpc) is 2.75. The lowest BCUT2D eigenvalue weighted by atomic mass is 10.2. The normalized spacial score (nSPS) is 10.1. The van der Waals surface area contributed by atoms with E-state index in [4.69, 9.17) is 9.68 Å². The van der Waals surface area contributed by atoms with Crippen molar-refractivity contribution in [2.75, 3.05) is 0 Å². The van der Waals surface area contributed by atoms with Crippen LogP contribution < -0.4 is 5.32 Å². The Labute approximate surface area is 99.1 Å². The lowest BCUT2D eigenvalue weighted by molar-refractivity contribution is 0.449. The zero-order chi connectivity index (χ0) is 12.1. The predicted octanol–water partition coefficient (Wildman–Crippen LogP) is 1.54. The molecule has 0 saturated carbocycles. The highest BCUT2D eigenvalue weighted by atomic mass is 16.4. The zero-order valence-electron chi connectivity index (χ0n) is 9.47. The zero-order valence-corrected chi connectivity index (χ0v) is 9.47. The van der Waals surface area contributed by atoms with Crippen LogP contribution in [0, 0.1) is 18.3 Å². The Morgan fingerprint density at radius 2 is 2.29 bits per heavy atom. The van der Waals surface area contributed by atoms with Crippen LogP contribution in [0.4, 0.5) is 0 Å². The second-order valence-corrected chi connectivity index (χ2v) is 3.63. The fourth-order valence-electron chi connectivity index (χ4n) is 1.44. The number of hydrogen-bond acceptors (Lipinski definition) is 5. The number of nitrogens with one attached hydrogen (secondary N) is 1. The molecular formula is C12H12N4O. The van der Waals surface area contributed by atoms with Crippen molar-refractivity contribution in [2.24, 2.45) is 0 Å². The molecule has 0 amide bonds. The summed E-state index contributed by atoms with van der Waals surface area (Å²) >= 11 is 0. The quantitative estimate of drug-likeness (QED) is 0.859. The van der Waals surface area contributed by atoms with Crippen LogP contribution in [0.3, 0.4) is 0 Å². The third-order valence-electron chi connectivity index (χ3n) is 2.21. The summed E-state index contributed by atoms with van der Waals surface area (Å²) in [6, 6.07) is 5.64. The molecule has 5 heteroatoms. The minimum Gasteiger partial charge on any atom is -0.445 e. The molecule has 0 bridgehead atoms. The van der Waals surface area contributed by atoms with E-state index in [1.807, 2.05) is 19.1 Å². The highest BCUT2D eigenvalue weighted by molar-refractivity contribution is 5.25. The maximum absolute atomic E-state index is 8.71. The molecule has 0 unspecified atom stereocenters. The van der Waals surface area contributed by atoms with E-state index in [1.165, 1.54) is 0 Å². The third-order valence-corrected chi connectivity index (χ3v) is 2.21. The molecule has 0 fully saturated rings. The Kier molecular flexibility index (Phi) is 3.48. The maximum Gasteiger partial charge on any atom is 0.208 e. The monoisotopic (exact) mass is 228 g/mol. The Hall–Kier alpha value is -2.19. The SMILES string of the molecule is Cc1cnc(CNCc2ccnc(C#N)c2)o1. The first-order valence-corrected chi connectivity index (χ1v) is 5.25. The molecule has 17 heavy (non-hydrogen) atoms. The lowest BCUT2D eigenvalue weighted by Crippen LogP contribution is -2.13. The number of hydrogen-bond donors (Lipinski definition) is 1. The van der Waals surface area contributed by atoms with Crippen LogP contribution in [0.2, 0.25) is 0 Å². The molecule has 0 aromatic carbocycles. The van der Waals surface area contributed by atoms with E-state index < -0.39 is 0 Å². The van der Waals surface area contributed by atoms with Gasteiger partial charge in [0.15, 0.2) is 0 Å². The summed E-state index contributed by atoms with van der Waals surface area (Å²) in [6.07, 6.45) is 3.32. The molecular weight excluding hydrogens is 216 g/mol. The standard InChI is InChI=1S/C12H12N4O/c1-9-6-16-12(17-9)8-14-7-10-2-3-15-11(4-10)5-13/h2-4,6,14H,7-8H2,1H3. The summed E-state index contributed by atoms with van der Waals surface area (Å²) in [6.45, 7) is 3.08. The van der Waals surface area contributed by atoms with Gasteiger partial charge < -0.3 is 9.73 Å². The summed E-state index contributed by atoms with van der Waals surface area (Å²) in [5.41, 5.74) is 1.44. The first-order valence-electron chi connectivity index (χ1n) is 5.25. The number of aromatic nitrogens is 2. The number of nitrogens with zero attached hydrogens (tertiary/aromatic N) is 3. The van der Waals surface area contributed by atoms with Crippen molar-refractivity contribution in [3.63, 3.8) is 0 Å². The van der Waals surface area contributed by atoms with Crippen LogP contribution in [0.25, 0.3) is 0 Å². The molecule has 0 radical (unpaired) electrons. The van der Waals surface area contributed by atoms with Crippen molar-refractivity contribution >= 4 is 0 Å². The molecule has 0 aliphatic rings. The summed E-state index contributed by atoms with van der Waals surface area (Å²) in [5.74, 6) is 1.47. The highest BCUT2D eigenvalue weighted by Gasteiger charge is 2.00. The Morgan fingerprint density at radius 1 is 1.41 bits per heavy atom. The van der Waals surface area contributed by atoms with E-state index in [-0.39, 0.29) is 0 Å². The fourth-order valence-corrected chi connectivity index (χ4v) is 1.44. The van der Waals surface area contributed by atoms with Crippen LogP contribution in [-0.4, -0.2) is 9.97 Å². The minimum absolute atomic E-state index is 0.427. The first-order chi connectivity index (χ1) is 8.28. The van der Waals surface area contributed by atoms with Gasteiger partial charge in [-0.15, -0.1) is 0 Å². The van der Waals surface area contributed by atoms with Gasteiger partial charge in [0.2, 0.25) is 5.89 Å². The number of aryl methyl sites for hydroxylation is 1. The number of oxazole rings is 1. The number of rotatable bonds is 4. The Morgan fingerprint density at radius 3 is 3.00 bits per heavy atom. The summed E-state index contributed by atoms with van der Waals surface area (Å²) in [7, 11) is 0. The summed E-state index contributed by atoms with van der Waals surface area (Å²) in [4.78, 5) is 7.99. The summed E-state index contributed by atoms with van der Waals surface area (Å²) in [5, 5.41) is 11.9. The molecule has 0 saturated heterocycles. The predicted molar refractivity (Wildman–Crippen MR) is 60.7 cm³/mol. The number of pyridine rings is 1. The van der Waals surface area contributed by atoms with Gasteiger partial charge in [0, 0.05) is 12.7 Å². The molecule has 1 N–H and O–H groups in total. The molecule has 5 nitrogen and oxygen atoms in total. The van der Waals surface area contributed by atoms with Crippen LogP contribution >= 0.6 is 0 Å². The van der Waals surface area contributed by atoms with Gasteiger partial charge in [0.25, 0.3) is 0 Å². The van der Waals surface area contributed by atoms with Crippen LogP contribution in [0.1, 0.15) is 22.9 Å². The minimum atomic E-state index is 0.427. The Bertz CT molecular complexity index is 541. The van der Waals surface area contributed by atoms with Gasteiger partial charge in [-0.2, -0.15) is 5.26 Å². The van der Waals surface area contributed by atoms with Gasteiger partial charge in [0.1, 0.15) is 17.5 Å². The van der Waals surface area contributed by atoms with E-state index in [2.05, 4.69) is 15.3 Å². The molecule has 0 atom stereocenters. The van der Waals surface area contributed by atoms with Crippen LogP contribution in [-0.2, 0) is 13.1 Å². The van der Waals surface area contributed by atoms with E-state index >= 15 is 0 Å². The largest absolute Gasteiger partial charge is 0.445 e. The second-order valence-electron chi connectivity index (χ2n) is 3.63. The van der Waals surface area contributed by atoms with E-state index in [1.54, 1.807) is 18.5 Å². The van der Waals surface area contributed by atoms with Crippen molar-refractivity contribution in [3.8, 4) is 6.07 Å². The molecule has 0 aliphatic carbocycles. The maximum atomic E-state index is 8.71. The number of nitriles is 1. The van der Waals surface area contributed by atoms with Crippen LogP contribution in [0.15, 0.2) is 28.9 Å². The smallest absolute Gasteiger partial charge is 0.208 e. The van der Waals surface area contributed by atoms with E-state index in [0.29, 0.717) is 24.7 Å². The summed E-state index contributed by atoms with van der Waals surface area (Å²) < 4.78 is 5.33. The molecule has 86 valence electrons. The van der Waals surface area contributed by atoms with Crippen molar-refractivity contribution < 1.29 is 4.42 Å². The van der Waals surface area contributed by atoms with Crippen LogP contribution in [0.5, 0.6) is 0 Å². The van der Waals surface area contributed by atoms with Crippen molar-refractivity contribution in [1.82, 2.24) is 15.3 Å². The van der Waals surface area contributed by atoms with Crippen molar-refractivity contribution in [1.29, 1.82) is 5.26 Å². The van der Waals surface area contributed by atoms with Gasteiger partial charge >= 0.3 is 0 Å². The molecule has 2 heterocycles. The van der Waals surface area contributed by atoms with E-state index in [0.717, 1.165) is 11.3 Å². The van der Waals surface area contributed by atoms with Gasteiger partial charge in [-0.3, -0.25) is 0 Å². The average molecular weight is 228 g/mol. The molecule has 0 aliphatic heterocycles. The highest BCUT2D eigenvalue weighted by Crippen LogP contribution is 2.03.